The van der Waals surface area contributed by atoms with Crippen molar-refractivity contribution in [2.75, 3.05) is 13.1 Å². The quantitative estimate of drug-likeness (QED) is 0.699. The number of rotatable bonds is 6. The van der Waals surface area contributed by atoms with E-state index in [1.165, 1.54) is 23.1 Å². The molecule has 31 heavy (non-hydrogen) atoms. The number of ether oxygens (including phenoxy) is 1. The first-order valence-electron chi connectivity index (χ1n) is 9.48. The summed E-state index contributed by atoms with van der Waals surface area (Å²) in [4.78, 5) is 41.5. The molecule has 10 nitrogen and oxygen atoms in total. The van der Waals surface area contributed by atoms with Gasteiger partial charge in [-0.1, -0.05) is 0 Å². The van der Waals surface area contributed by atoms with Crippen molar-refractivity contribution in [1.82, 2.24) is 25.0 Å². The van der Waals surface area contributed by atoms with Crippen molar-refractivity contribution in [2.45, 2.75) is 39.0 Å². The van der Waals surface area contributed by atoms with Gasteiger partial charge in [-0.15, -0.1) is 5.10 Å². The van der Waals surface area contributed by atoms with Crippen molar-refractivity contribution in [1.29, 1.82) is 0 Å². The Kier molecular flexibility index (Phi) is 6.47. The molecule has 3 amide bonds. The molecule has 1 fully saturated rings. The van der Waals surface area contributed by atoms with E-state index >= 15 is 0 Å². The van der Waals surface area contributed by atoms with Gasteiger partial charge in [0.1, 0.15) is 24.6 Å². The second-order valence-corrected chi connectivity index (χ2v) is 7.29. The Labute approximate surface area is 176 Å². The predicted octanol–water partition coefficient (Wildman–Crippen LogP) is 1.21. The molecule has 0 bridgehead atoms. The number of nitrogens with two attached hydrogens (primary N) is 1. The summed E-state index contributed by atoms with van der Waals surface area (Å²) >= 11 is 0. The maximum Gasteiger partial charge on any atom is 0.411 e. The summed E-state index contributed by atoms with van der Waals surface area (Å²) in [7, 11) is 0. The molecule has 0 spiro atoms. The van der Waals surface area contributed by atoms with Gasteiger partial charge in [-0.05, 0) is 25.5 Å². The number of likely N-dealkylation sites (tertiary alicyclic amines) is 1. The molecule has 2 aromatic rings. The van der Waals surface area contributed by atoms with Crippen molar-refractivity contribution in [3.8, 4) is 5.88 Å². The molecule has 0 radical (unpaired) electrons. The van der Waals surface area contributed by atoms with Crippen molar-refractivity contribution in [3.63, 3.8) is 0 Å². The van der Waals surface area contributed by atoms with Crippen LogP contribution >= 0.6 is 0 Å². The Bertz CT molecular complexity index is 1050. The standard InChI is InChI=1S/C19H22F2N6O4/c1-10(2)13(21)6-24-17(29)14-5-11(20)8-26(14)16(28)9-27-15-7-23-4-3-12(15)18(25-27)31-19(22)30/h3-4,7,11,14H,5-6,8-9H2,1-2H3,(H2,22,30)(H,24,29)/t11-,14+/m1/s1. The number of aromatic nitrogens is 3. The van der Waals surface area contributed by atoms with Gasteiger partial charge in [0.25, 0.3) is 5.88 Å². The van der Waals surface area contributed by atoms with Crippen LogP contribution in [0, 0.1) is 0 Å². The smallest absolute Gasteiger partial charge is 0.389 e. The Morgan fingerprint density at radius 1 is 1.35 bits per heavy atom. The van der Waals surface area contributed by atoms with Crippen LogP contribution < -0.4 is 15.8 Å². The fraction of sp³-hybridized carbons (Fsp3) is 0.421. The van der Waals surface area contributed by atoms with Crippen LogP contribution in [-0.2, 0) is 16.1 Å². The highest BCUT2D eigenvalue weighted by molar-refractivity contribution is 5.90. The van der Waals surface area contributed by atoms with Crippen LogP contribution in [-0.4, -0.2) is 62.9 Å². The van der Waals surface area contributed by atoms with Gasteiger partial charge < -0.3 is 20.7 Å². The normalized spacial score (nSPS) is 18.1. The predicted molar refractivity (Wildman–Crippen MR) is 105 cm³/mol. The van der Waals surface area contributed by atoms with Gasteiger partial charge in [-0.2, -0.15) is 0 Å². The molecule has 0 aromatic carbocycles. The van der Waals surface area contributed by atoms with Gasteiger partial charge in [0.2, 0.25) is 11.8 Å². The highest BCUT2D eigenvalue weighted by atomic mass is 19.1. The molecule has 2 atom stereocenters. The third kappa shape index (κ3) is 4.95. The Morgan fingerprint density at radius 3 is 2.77 bits per heavy atom. The number of nitrogens with one attached hydrogen (secondary N) is 1. The summed E-state index contributed by atoms with van der Waals surface area (Å²) in [5, 5.41) is 6.86. The molecule has 3 rings (SSSR count). The number of carbonyl (C=O) groups excluding carboxylic acids is 3. The van der Waals surface area contributed by atoms with E-state index in [1.807, 2.05) is 0 Å². The van der Waals surface area contributed by atoms with Gasteiger partial charge in [0.15, 0.2) is 0 Å². The van der Waals surface area contributed by atoms with E-state index in [0.29, 0.717) is 16.5 Å². The maximum absolute atomic E-state index is 14.0. The largest absolute Gasteiger partial charge is 0.411 e. The fourth-order valence-electron chi connectivity index (χ4n) is 3.27. The maximum atomic E-state index is 14.0. The summed E-state index contributed by atoms with van der Waals surface area (Å²) in [6, 6.07) is 0.456. The number of hydrogen-bond donors (Lipinski definition) is 2. The lowest BCUT2D eigenvalue weighted by molar-refractivity contribution is -0.139. The number of alkyl halides is 1. The number of nitrogens with zero attached hydrogens (tertiary/aromatic N) is 4. The molecule has 0 unspecified atom stereocenters. The highest BCUT2D eigenvalue weighted by Crippen LogP contribution is 2.25. The van der Waals surface area contributed by atoms with E-state index in [4.69, 9.17) is 10.5 Å². The molecule has 12 heteroatoms. The van der Waals surface area contributed by atoms with E-state index in [1.54, 1.807) is 13.8 Å². The lowest BCUT2D eigenvalue weighted by Crippen LogP contribution is -2.47. The first-order valence-corrected chi connectivity index (χ1v) is 9.48. The summed E-state index contributed by atoms with van der Waals surface area (Å²) in [6.07, 6.45) is 0.209. The highest BCUT2D eigenvalue weighted by Gasteiger charge is 2.40. The van der Waals surface area contributed by atoms with Crippen molar-refractivity contribution in [3.05, 3.63) is 29.9 Å². The third-order valence-corrected chi connectivity index (χ3v) is 4.84. The number of fused-ring (bicyclic) bond motifs is 1. The number of pyridine rings is 1. The molecule has 166 valence electrons. The van der Waals surface area contributed by atoms with Crippen LogP contribution in [0.1, 0.15) is 20.3 Å². The van der Waals surface area contributed by atoms with Crippen molar-refractivity contribution >= 4 is 28.8 Å². The number of carbonyl (C=O) groups is 3. The summed E-state index contributed by atoms with van der Waals surface area (Å²) in [5.41, 5.74) is 5.84. The second kappa shape index (κ2) is 9.06. The Balaban J connectivity index is 1.78. The van der Waals surface area contributed by atoms with Crippen molar-refractivity contribution < 1.29 is 27.9 Å². The number of halogens is 2. The minimum absolute atomic E-state index is 0.103. The van der Waals surface area contributed by atoms with Gasteiger partial charge in [0.05, 0.1) is 30.2 Å². The number of allylic oxidation sites excluding steroid dienone is 1. The Morgan fingerprint density at radius 2 is 2.10 bits per heavy atom. The first-order chi connectivity index (χ1) is 14.7. The van der Waals surface area contributed by atoms with E-state index in [2.05, 4.69) is 15.4 Å². The molecular weight excluding hydrogens is 414 g/mol. The number of primary amides is 1. The van der Waals surface area contributed by atoms with E-state index in [9.17, 15) is 23.2 Å². The van der Waals surface area contributed by atoms with E-state index in [0.717, 1.165) is 4.90 Å². The molecule has 3 heterocycles. The SMILES string of the molecule is CC(C)=C(F)CNC(=O)[C@@H]1C[C@@H](F)CN1C(=O)Cn1nc(OC(N)=O)c2ccncc21. The van der Waals surface area contributed by atoms with Crippen LogP contribution in [0.3, 0.4) is 0 Å². The molecule has 3 N–H and O–H groups in total. The molecule has 0 aliphatic carbocycles. The molecule has 2 aromatic heterocycles. The first kappa shape index (κ1) is 22.1. The van der Waals surface area contributed by atoms with Crippen LogP contribution in [0.2, 0.25) is 0 Å². The summed E-state index contributed by atoms with van der Waals surface area (Å²) in [6.45, 7) is 2.15. The van der Waals surface area contributed by atoms with Crippen LogP contribution in [0.4, 0.5) is 13.6 Å². The second-order valence-electron chi connectivity index (χ2n) is 7.29. The summed E-state index contributed by atoms with van der Waals surface area (Å²) < 4.78 is 33.8. The number of amides is 3. The van der Waals surface area contributed by atoms with E-state index in [-0.39, 0.29) is 31.9 Å². The van der Waals surface area contributed by atoms with Gasteiger partial charge in [-0.3, -0.25) is 19.3 Å². The lowest BCUT2D eigenvalue weighted by atomic mass is 10.2. The van der Waals surface area contributed by atoms with Crippen molar-refractivity contribution in [2.24, 2.45) is 5.73 Å². The average molecular weight is 436 g/mol. The molecular formula is C19H22F2N6O4. The summed E-state index contributed by atoms with van der Waals surface area (Å²) in [5.74, 6) is -1.83. The van der Waals surface area contributed by atoms with Crippen LogP contribution in [0.15, 0.2) is 29.9 Å². The zero-order valence-corrected chi connectivity index (χ0v) is 17.0. The average Bonchev–Trinajstić information content (AvgIpc) is 3.26. The number of hydrogen-bond acceptors (Lipinski definition) is 6. The monoisotopic (exact) mass is 436 g/mol. The third-order valence-electron chi connectivity index (χ3n) is 4.84. The van der Waals surface area contributed by atoms with E-state index < -0.39 is 35.9 Å². The topological polar surface area (TPSA) is 132 Å². The van der Waals surface area contributed by atoms with Crippen LogP contribution in [0.5, 0.6) is 5.88 Å². The van der Waals surface area contributed by atoms with Gasteiger partial charge in [-0.25, -0.2) is 13.6 Å². The lowest BCUT2D eigenvalue weighted by Gasteiger charge is -2.23. The molecule has 1 aliphatic heterocycles. The fourth-order valence-corrected chi connectivity index (χ4v) is 3.27. The Hall–Kier alpha value is -3.57. The minimum atomic E-state index is -1.39. The molecule has 1 saturated heterocycles. The molecule has 1 aliphatic rings. The van der Waals surface area contributed by atoms with Gasteiger partial charge in [0, 0.05) is 12.6 Å². The zero-order valence-electron chi connectivity index (χ0n) is 17.0. The van der Waals surface area contributed by atoms with Gasteiger partial charge >= 0.3 is 6.09 Å². The zero-order chi connectivity index (χ0) is 22.7. The minimum Gasteiger partial charge on any atom is -0.389 e. The molecule has 0 saturated carbocycles. The van der Waals surface area contributed by atoms with Crippen LogP contribution in [0.25, 0.3) is 10.9 Å².